The van der Waals surface area contributed by atoms with Crippen molar-refractivity contribution in [1.82, 2.24) is 0 Å². The smallest absolute Gasteiger partial charge is 0.334 e. The molecule has 7 nitrogen and oxygen atoms in total. The summed E-state index contributed by atoms with van der Waals surface area (Å²) in [6.45, 7) is 0. The molecule has 2 rings (SSSR count). The zero-order valence-corrected chi connectivity index (χ0v) is 10.3. The van der Waals surface area contributed by atoms with E-state index < -0.39 is 10.8 Å². The lowest BCUT2D eigenvalue weighted by Gasteiger charge is -2.07. The number of carbonyl (C=O) groups excluding carboxylic acids is 1. The Morgan fingerprint density at radius 3 is 2.35 bits per heavy atom. The first-order chi connectivity index (χ1) is 9.49. The van der Waals surface area contributed by atoms with Gasteiger partial charge in [-0.15, -0.1) is 0 Å². The second-order valence-corrected chi connectivity index (χ2v) is 3.94. The van der Waals surface area contributed by atoms with Gasteiger partial charge in [-0.2, -0.15) is 0 Å². The molecule has 0 aliphatic rings. The van der Waals surface area contributed by atoms with E-state index in [1.165, 1.54) is 36.4 Å². The minimum atomic E-state index is -0.609. The Labute approximate surface area is 113 Å². The number of hydrogen-bond donors (Lipinski definition) is 2. The summed E-state index contributed by atoms with van der Waals surface area (Å²) in [6.07, 6.45) is 0. The first kappa shape index (κ1) is 13.3. The first-order valence-electron chi connectivity index (χ1n) is 5.59. The SMILES string of the molecule is NC(=O)c1ccc(Oc2cccc(N)c2[N+](=O)[O-])cc1. The summed E-state index contributed by atoms with van der Waals surface area (Å²) < 4.78 is 5.41. The van der Waals surface area contributed by atoms with Crippen LogP contribution in [-0.4, -0.2) is 10.8 Å². The Balaban J connectivity index is 2.33. The maximum absolute atomic E-state index is 11.0. The normalized spacial score (nSPS) is 10.0. The largest absolute Gasteiger partial charge is 0.450 e. The average Bonchev–Trinajstić information content (AvgIpc) is 2.39. The van der Waals surface area contributed by atoms with Gasteiger partial charge in [0.1, 0.15) is 11.4 Å². The van der Waals surface area contributed by atoms with Gasteiger partial charge in [0.15, 0.2) is 0 Å². The number of nitro benzene ring substituents is 1. The number of anilines is 1. The summed E-state index contributed by atoms with van der Waals surface area (Å²) in [5, 5.41) is 11.0. The van der Waals surface area contributed by atoms with Gasteiger partial charge in [0.25, 0.3) is 0 Å². The van der Waals surface area contributed by atoms with Crippen molar-refractivity contribution in [3.8, 4) is 11.5 Å². The molecule has 0 aliphatic carbocycles. The van der Waals surface area contributed by atoms with Crippen LogP contribution in [0.15, 0.2) is 42.5 Å². The van der Waals surface area contributed by atoms with Gasteiger partial charge in [-0.05, 0) is 36.4 Å². The van der Waals surface area contributed by atoms with Crippen LogP contribution in [0.3, 0.4) is 0 Å². The molecule has 0 atom stereocenters. The number of benzene rings is 2. The number of amides is 1. The molecular weight excluding hydrogens is 262 g/mol. The molecular formula is C13H11N3O4. The van der Waals surface area contributed by atoms with Crippen molar-refractivity contribution in [1.29, 1.82) is 0 Å². The molecule has 0 aliphatic heterocycles. The van der Waals surface area contributed by atoms with E-state index in [4.69, 9.17) is 16.2 Å². The third-order valence-electron chi connectivity index (χ3n) is 2.58. The van der Waals surface area contributed by atoms with Crippen molar-refractivity contribution < 1.29 is 14.5 Å². The number of nitrogens with two attached hydrogens (primary N) is 2. The second-order valence-electron chi connectivity index (χ2n) is 3.94. The molecule has 102 valence electrons. The van der Waals surface area contributed by atoms with Crippen LogP contribution in [-0.2, 0) is 0 Å². The molecule has 2 aromatic rings. The fourth-order valence-corrected chi connectivity index (χ4v) is 1.63. The summed E-state index contributed by atoms with van der Waals surface area (Å²) in [4.78, 5) is 21.3. The number of ether oxygens (including phenoxy) is 1. The van der Waals surface area contributed by atoms with Gasteiger partial charge < -0.3 is 16.2 Å². The Kier molecular flexibility index (Phi) is 3.52. The number of para-hydroxylation sites is 1. The molecule has 2 aromatic carbocycles. The van der Waals surface area contributed by atoms with Gasteiger partial charge in [-0.1, -0.05) is 6.07 Å². The molecule has 0 heterocycles. The number of rotatable bonds is 4. The maximum atomic E-state index is 11.0. The van der Waals surface area contributed by atoms with E-state index in [1.54, 1.807) is 6.07 Å². The molecule has 0 fully saturated rings. The first-order valence-corrected chi connectivity index (χ1v) is 5.59. The summed E-state index contributed by atoms with van der Waals surface area (Å²) in [5.74, 6) is -0.197. The van der Waals surface area contributed by atoms with Gasteiger partial charge in [0.05, 0.1) is 4.92 Å². The highest BCUT2D eigenvalue weighted by atomic mass is 16.6. The number of nitro groups is 1. The quantitative estimate of drug-likeness (QED) is 0.501. The number of primary amides is 1. The minimum absolute atomic E-state index is 0.0151. The third kappa shape index (κ3) is 2.66. The minimum Gasteiger partial charge on any atom is -0.450 e. The summed E-state index contributed by atoms with van der Waals surface area (Å²) in [7, 11) is 0. The van der Waals surface area contributed by atoms with Crippen LogP contribution in [0.5, 0.6) is 11.5 Å². The number of carbonyl (C=O) groups is 1. The second kappa shape index (κ2) is 5.27. The third-order valence-corrected chi connectivity index (χ3v) is 2.58. The highest BCUT2D eigenvalue weighted by Gasteiger charge is 2.19. The lowest BCUT2D eigenvalue weighted by molar-refractivity contribution is -0.384. The number of nitrogens with zero attached hydrogens (tertiary/aromatic N) is 1. The highest BCUT2D eigenvalue weighted by Crippen LogP contribution is 2.35. The summed E-state index contributed by atoms with van der Waals surface area (Å²) in [6, 6.07) is 10.3. The van der Waals surface area contributed by atoms with E-state index in [0.29, 0.717) is 11.3 Å². The van der Waals surface area contributed by atoms with E-state index in [1.807, 2.05) is 0 Å². The van der Waals surface area contributed by atoms with Gasteiger partial charge in [-0.3, -0.25) is 14.9 Å². The van der Waals surface area contributed by atoms with Crippen molar-refractivity contribution in [2.75, 3.05) is 5.73 Å². The molecule has 20 heavy (non-hydrogen) atoms. The van der Waals surface area contributed by atoms with Crippen molar-refractivity contribution in [3.05, 3.63) is 58.1 Å². The number of nitrogen functional groups attached to an aromatic ring is 1. The predicted octanol–water partition coefficient (Wildman–Crippen LogP) is 2.07. The standard InChI is InChI=1S/C13H11N3O4/c14-10-2-1-3-11(12(10)16(18)19)20-9-6-4-8(5-7-9)13(15)17/h1-7H,14H2,(H2,15,17). The van der Waals surface area contributed by atoms with E-state index >= 15 is 0 Å². The topological polar surface area (TPSA) is 121 Å². The molecule has 0 bridgehead atoms. The Morgan fingerprint density at radius 2 is 1.80 bits per heavy atom. The highest BCUT2D eigenvalue weighted by molar-refractivity contribution is 5.92. The van der Waals surface area contributed by atoms with Crippen molar-refractivity contribution in [2.45, 2.75) is 0 Å². The molecule has 1 amide bonds. The molecule has 0 saturated carbocycles. The van der Waals surface area contributed by atoms with E-state index in [9.17, 15) is 14.9 Å². The Morgan fingerprint density at radius 1 is 1.15 bits per heavy atom. The van der Waals surface area contributed by atoms with Gasteiger partial charge in [-0.25, -0.2) is 0 Å². The van der Waals surface area contributed by atoms with Crippen molar-refractivity contribution >= 4 is 17.3 Å². The molecule has 7 heteroatoms. The molecule has 0 saturated heterocycles. The maximum Gasteiger partial charge on any atom is 0.334 e. The van der Waals surface area contributed by atoms with Crippen LogP contribution in [0.4, 0.5) is 11.4 Å². The lowest BCUT2D eigenvalue weighted by Crippen LogP contribution is -2.10. The zero-order chi connectivity index (χ0) is 14.7. The molecule has 0 aromatic heterocycles. The molecule has 4 N–H and O–H groups in total. The van der Waals surface area contributed by atoms with Crippen molar-refractivity contribution in [3.63, 3.8) is 0 Å². The van der Waals surface area contributed by atoms with E-state index in [2.05, 4.69) is 0 Å². The molecule has 0 unspecified atom stereocenters. The molecule has 0 radical (unpaired) electrons. The Hall–Kier alpha value is -3.09. The van der Waals surface area contributed by atoms with Crippen molar-refractivity contribution in [2.24, 2.45) is 5.73 Å². The van der Waals surface area contributed by atoms with Crippen LogP contribution < -0.4 is 16.2 Å². The molecule has 0 spiro atoms. The fourth-order valence-electron chi connectivity index (χ4n) is 1.63. The average molecular weight is 273 g/mol. The van der Waals surface area contributed by atoms with Gasteiger partial charge >= 0.3 is 5.69 Å². The van der Waals surface area contributed by atoms with Crippen LogP contribution in [0.2, 0.25) is 0 Å². The van der Waals surface area contributed by atoms with Crippen LogP contribution in [0, 0.1) is 10.1 Å². The Bertz CT molecular complexity index is 668. The van der Waals surface area contributed by atoms with Crippen LogP contribution in [0.25, 0.3) is 0 Å². The zero-order valence-electron chi connectivity index (χ0n) is 10.3. The van der Waals surface area contributed by atoms with Gasteiger partial charge in [0.2, 0.25) is 11.7 Å². The summed E-state index contributed by atoms with van der Waals surface area (Å²) in [5.41, 5.74) is 10.7. The lowest BCUT2D eigenvalue weighted by atomic mass is 10.2. The monoisotopic (exact) mass is 273 g/mol. The van der Waals surface area contributed by atoms with E-state index in [0.717, 1.165) is 0 Å². The predicted molar refractivity (Wildman–Crippen MR) is 72.5 cm³/mol. The van der Waals surface area contributed by atoms with E-state index in [-0.39, 0.29) is 17.1 Å². The van der Waals surface area contributed by atoms with Gasteiger partial charge in [0, 0.05) is 5.56 Å². The van der Waals surface area contributed by atoms with Crippen LogP contribution >= 0.6 is 0 Å². The number of hydrogen-bond acceptors (Lipinski definition) is 5. The summed E-state index contributed by atoms with van der Waals surface area (Å²) >= 11 is 0. The van der Waals surface area contributed by atoms with Crippen LogP contribution in [0.1, 0.15) is 10.4 Å². The fraction of sp³-hybridized carbons (Fsp3) is 0.